The molecule has 0 saturated carbocycles. The van der Waals surface area contributed by atoms with E-state index in [4.69, 9.17) is 0 Å². The molecule has 13 heavy (non-hydrogen) atoms. The Morgan fingerprint density at radius 1 is 1.62 bits per heavy atom. The van der Waals surface area contributed by atoms with Crippen molar-refractivity contribution in [3.8, 4) is 0 Å². The predicted octanol–water partition coefficient (Wildman–Crippen LogP) is 0.676. The third kappa shape index (κ3) is 3.33. The Bertz CT molecular complexity index is 328. The summed E-state index contributed by atoms with van der Waals surface area (Å²) in [7, 11) is 0. The molecule has 5 heteroatoms. The van der Waals surface area contributed by atoms with Gasteiger partial charge in [0.15, 0.2) is 0 Å². The molecule has 0 aromatic carbocycles. The van der Waals surface area contributed by atoms with Crippen molar-refractivity contribution in [3.63, 3.8) is 0 Å². The van der Waals surface area contributed by atoms with Gasteiger partial charge in [-0.2, -0.15) is 11.8 Å². The van der Waals surface area contributed by atoms with E-state index in [2.05, 4.69) is 10.3 Å². The van der Waals surface area contributed by atoms with Crippen molar-refractivity contribution >= 4 is 23.4 Å². The molecule has 70 valence electrons. The van der Waals surface area contributed by atoms with Gasteiger partial charge in [0, 0.05) is 12.3 Å². The summed E-state index contributed by atoms with van der Waals surface area (Å²) in [6.45, 7) is 0. The topological polar surface area (TPSA) is 62.0 Å². The Kier molecular flexibility index (Phi) is 3.57. The Balaban J connectivity index is 2.59. The molecular formula is C8H10N2O2S. The SMILES string of the molecule is CSCC(=O)Nc1ccc(=O)[nH]c1. The fourth-order valence-corrected chi connectivity index (χ4v) is 1.15. The molecule has 1 heterocycles. The monoisotopic (exact) mass is 198 g/mol. The first-order valence-corrected chi connectivity index (χ1v) is 5.09. The number of anilines is 1. The first-order chi connectivity index (χ1) is 6.22. The molecule has 1 aromatic heterocycles. The first kappa shape index (κ1) is 9.85. The molecule has 0 aliphatic heterocycles. The maximum atomic E-state index is 11.1. The molecular weight excluding hydrogens is 188 g/mol. The molecule has 0 aliphatic rings. The van der Waals surface area contributed by atoms with Crippen molar-refractivity contribution < 1.29 is 4.79 Å². The number of pyridine rings is 1. The number of thioether (sulfide) groups is 1. The van der Waals surface area contributed by atoms with Crippen LogP contribution >= 0.6 is 11.8 Å². The number of rotatable bonds is 3. The quantitative estimate of drug-likeness (QED) is 0.750. The largest absolute Gasteiger partial charge is 0.327 e. The van der Waals surface area contributed by atoms with E-state index in [1.807, 2.05) is 6.26 Å². The van der Waals surface area contributed by atoms with Gasteiger partial charge in [-0.1, -0.05) is 0 Å². The van der Waals surface area contributed by atoms with Crippen LogP contribution in [0.5, 0.6) is 0 Å². The molecule has 0 atom stereocenters. The third-order valence-electron chi connectivity index (χ3n) is 1.34. The number of aromatic amines is 1. The number of aromatic nitrogens is 1. The number of H-pyrrole nitrogens is 1. The lowest BCUT2D eigenvalue weighted by atomic mass is 10.4. The first-order valence-electron chi connectivity index (χ1n) is 3.70. The Morgan fingerprint density at radius 3 is 2.92 bits per heavy atom. The van der Waals surface area contributed by atoms with E-state index in [9.17, 15) is 9.59 Å². The highest BCUT2D eigenvalue weighted by Crippen LogP contribution is 2.01. The highest BCUT2D eigenvalue weighted by Gasteiger charge is 1.99. The summed E-state index contributed by atoms with van der Waals surface area (Å²) in [4.78, 5) is 24.2. The molecule has 0 fully saturated rings. The molecule has 0 unspecified atom stereocenters. The summed E-state index contributed by atoms with van der Waals surface area (Å²) in [5, 5.41) is 2.64. The van der Waals surface area contributed by atoms with Crippen LogP contribution in [0.1, 0.15) is 0 Å². The van der Waals surface area contributed by atoms with Crippen LogP contribution in [-0.2, 0) is 4.79 Å². The third-order valence-corrected chi connectivity index (χ3v) is 1.89. The number of hydrogen-bond donors (Lipinski definition) is 2. The van der Waals surface area contributed by atoms with Crippen molar-refractivity contribution in [1.29, 1.82) is 0 Å². The molecule has 1 amide bonds. The van der Waals surface area contributed by atoms with Crippen LogP contribution in [-0.4, -0.2) is 22.9 Å². The highest BCUT2D eigenvalue weighted by molar-refractivity contribution is 7.99. The number of carbonyl (C=O) groups excluding carboxylic acids is 1. The second-order valence-corrected chi connectivity index (χ2v) is 3.29. The average Bonchev–Trinajstić information content (AvgIpc) is 2.09. The Morgan fingerprint density at radius 2 is 2.38 bits per heavy atom. The summed E-state index contributed by atoms with van der Waals surface area (Å²) in [5.74, 6) is 0.346. The minimum Gasteiger partial charge on any atom is -0.327 e. The smallest absolute Gasteiger partial charge is 0.248 e. The highest BCUT2D eigenvalue weighted by atomic mass is 32.2. The van der Waals surface area contributed by atoms with Gasteiger partial charge in [-0.3, -0.25) is 9.59 Å². The van der Waals surface area contributed by atoms with E-state index in [1.165, 1.54) is 24.0 Å². The molecule has 4 nitrogen and oxygen atoms in total. The van der Waals surface area contributed by atoms with Gasteiger partial charge < -0.3 is 10.3 Å². The standard InChI is InChI=1S/C8H10N2O2S/c1-13-5-8(12)10-6-2-3-7(11)9-4-6/h2-4H,5H2,1H3,(H,9,11)(H,10,12). The van der Waals surface area contributed by atoms with Gasteiger partial charge in [0.1, 0.15) is 0 Å². The van der Waals surface area contributed by atoms with Crippen molar-refractivity contribution in [2.24, 2.45) is 0 Å². The van der Waals surface area contributed by atoms with Crippen LogP contribution in [0.3, 0.4) is 0 Å². The van der Waals surface area contributed by atoms with E-state index >= 15 is 0 Å². The zero-order chi connectivity index (χ0) is 9.68. The predicted molar refractivity (Wildman–Crippen MR) is 54.1 cm³/mol. The zero-order valence-electron chi connectivity index (χ0n) is 7.16. The summed E-state index contributed by atoms with van der Waals surface area (Å²) >= 11 is 1.45. The minimum atomic E-state index is -0.178. The lowest BCUT2D eigenvalue weighted by Gasteiger charge is -2.01. The van der Waals surface area contributed by atoms with Gasteiger partial charge in [-0.15, -0.1) is 0 Å². The Labute approximate surface area is 79.7 Å². The van der Waals surface area contributed by atoms with Crippen molar-refractivity contribution in [3.05, 3.63) is 28.7 Å². The average molecular weight is 198 g/mol. The van der Waals surface area contributed by atoms with E-state index in [-0.39, 0.29) is 11.5 Å². The van der Waals surface area contributed by atoms with E-state index in [0.717, 1.165) is 0 Å². The lowest BCUT2D eigenvalue weighted by Crippen LogP contribution is -2.15. The van der Waals surface area contributed by atoms with Gasteiger partial charge in [0.2, 0.25) is 11.5 Å². The van der Waals surface area contributed by atoms with Crippen LogP contribution in [0.4, 0.5) is 5.69 Å². The Hall–Kier alpha value is -1.23. The summed E-state index contributed by atoms with van der Waals surface area (Å²) in [6, 6.07) is 2.94. The number of hydrogen-bond acceptors (Lipinski definition) is 3. The second-order valence-electron chi connectivity index (χ2n) is 2.42. The molecule has 1 rings (SSSR count). The van der Waals surface area contributed by atoms with Crippen molar-refractivity contribution in [2.45, 2.75) is 0 Å². The van der Waals surface area contributed by atoms with E-state index in [0.29, 0.717) is 11.4 Å². The number of carbonyl (C=O) groups is 1. The molecule has 0 bridgehead atoms. The van der Waals surface area contributed by atoms with Crippen LogP contribution < -0.4 is 10.9 Å². The van der Waals surface area contributed by atoms with Gasteiger partial charge in [-0.25, -0.2) is 0 Å². The molecule has 0 spiro atoms. The molecule has 0 saturated heterocycles. The van der Waals surface area contributed by atoms with E-state index in [1.54, 1.807) is 6.07 Å². The fraction of sp³-hybridized carbons (Fsp3) is 0.250. The molecule has 2 N–H and O–H groups in total. The van der Waals surface area contributed by atoms with Crippen molar-refractivity contribution in [2.75, 3.05) is 17.3 Å². The number of amides is 1. The van der Waals surface area contributed by atoms with Crippen LogP contribution in [0.2, 0.25) is 0 Å². The minimum absolute atomic E-state index is 0.0699. The second kappa shape index (κ2) is 4.71. The normalized spacial score (nSPS) is 9.62. The van der Waals surface area contributed by atoms with Crippen molar-refractivity contribution in [1.82, 2.24) is 4.98 Å². The maximum Gasteiger partial charge on any atom is 0.248 e. The van der Waals surface area contributed by atoms with Gasteiger partial charge in [0.05, 0.1) is 11.4 Å². The van der Waals surface area contributed by atoms with Gasteiger partial charge >= 0.3 is 0 Å². The van der Waals surface area contributed by atoms with Gasteiger partial charge in [-0.05, 0) is 12.3 Å². The zero-order valence-corrected chi connectivity index (χ0v) is 7.98. The summed E-state index contributed by atoms with van der Waals surface area (Å²) in [6.07, 6.45) is 3.33. The molecule has 1 aromatic rings. The van der Waals surface area contributed by atoms with Crippen LogP contribution in [0, 0.1) is 0 Å². The molecule has 0 radical (unpaired) electrons. The summed E-state index contributed by atoms with van der Waals surface area (Å²) in [5.41, 5.74) is 0.432. The van der Waals surface area contributed by atoms with E-state index < -0.39 is 0 Å². The fourth-order valence-electron chi connectivity index (χ4n) is 0.816. The molecule has 0 aliphatic carbocycles. The maximum absolute atomic E-state index is 11.1. The van der Waals surface area contributed by atoms with Gasteiger partial charge in [0.25, 0.3) is 0 Å². The lowest BCUT2D eigenvalue weighted by molar-refractivity contribution is -0.113. The van der Waals surface area contributed by atoms with Crippen LogP contribution in [0.25, 0.3) is 0 Å². The van der Waals surface area contributed by atoms with Crippen LogP contribution in [0.15, 0.2) is 23.1 Å². The summed E-state index contributed by atoms with van der Waals surface area (Å²) < 4.78 is 0. The number of nitrogens with one attached hydrogen (secondary N) is 2.